The highest BCUT2D eigenvalue weighted by atomic mass is 16.5. The van der Waals surface area contributed by atoms with E-state index in [2.05, 4.69) is 19.2 Å². The molecule has 2 aliphatic rings. The molecule has 3 atom stereocenters. The summed E-state index contributed by atoms with van der Waals surface area (Å²) in [5.41, 5.74) is 0.426. The normalized spacial score (nSPS) is 31.1. The summed E-state index contributed by atoms with van der Waals surface area (Å²) in [6.07, 6.45) is 9.68. The molecule has 2 rings (SSSR count). The Bertz CT molecular complexity index is 263. The first-order chi connectivity index (χ1) is 9.26. The Hall–Kier alpha value is -0.120. The molecule has 0 bridgehead atoms. The van der Waals surface area contributed by atoms with Crippen molar-refractivity contribution < 1.29 is 9.47 Å². The lowest BCUT2D eigenvalue weighted by Crippen LogP contribution is -2.66. The highest BCUT2D eigenvalue weighted by molar-refractivity contribution is 5.09. The topological polar surface area (TPSA) is 30.5 Å². The molecule has 3 heteroatoms. The predicted molar refractivity (Wildman–Crippen MR) is 78.4 cm³/mol. The Morgan fingerprint density at radius 1 is 1.21 bits per heavy atom. The fourth-order valence-corrected chi connectivity index (χ4v) is 4.07. The predicted octanol–water partition coefficient (Wildman–Crippen LogP) is 3.13. The van der Waals surface area contributed by atoms with Gasteiger partial charge in [-0.05, 0) is 32.6 Å². The van der Waals surface area contributed by atoms with E-state index in [1.165, 1.54) is 38.5 Å². The molecule has 1 spiro atoms. The van der Waals surface area contributed by atoms with Gasteiger partial charge in [0.05, 0.1) is 12.7 Å². The van der Waals surface area contributed by atoms with Gasteiger partial charge in [-0.25, -0.2) is 0 Å². The minimum absolute atomic E-state index is 0.426. The fraction of sp³-hybridized carbons (Fsp3) is 1.00. The van der Waals surface area contributed by atoms with E-state index in [9.17, 15) is 0 Å². The van der Waals surface area contributed by atoms with Gasteiger partial charge in [0.25, 0.3) is 0 Å². The van der Waals surface area contributed by atoms with Gasteiger partial charge in [-0.1, -0.05) is 26.2 Å². The van der Waals surface area contributed by atoms with E-state index in [4.69, 9.17) is 9.47 Å². The Morgan fingerprint density at radius 3 is 2.53 bits per heavy atom. The molecule has 112 valence electrons. The Labute approximate surface area is 118 Å². The number of rotatable bonds is 7. The summed E-state index contributed by atoms with van der Waals surface area (Å²) in [5.74, 6) is 0. The van der Waals surface area contributed by atoms with Gasteiger partial charge in [-0.2, -0.15) is 0 Å². The number of hydrogen-bond donors (Lipinski definition) is 1. The van der Waals surface area contributed by atoms with Crippen molar-refractivity contribution >= 4 is 0 Å². The van der Waals surface area contributed by atoms with Crippen molar-refractivity contribution in [3.8, 4) is 0 Å². The van der Waals surface area contributed by atoms with Crippen molar-refractivity contribution in [2.45, 2.75) is 77.0 Å². The molecule has 0 aliphatic heterocycles. The first-order valence-corrected chi connectivity index (χ1v) is 8.13. The molecule has 0 aromatic carbocycles. The SMILES string of the molecule is CCOC1CC(NC(CC)COC)C12CCCCC2. The maximum atomic E-state index is 6.01. The third kappa shape index (κ3) is 3.14. The van der Waals surface area contributed by atoms with Gasteiger partial charge >= 0.3 is 0 Å². The second-order valence-electron chi connectivity index (χ2n) is 6.25. The van der Waals surface area contributed by atoms with E-state index in [0.717, 1.165) is 19.6 Å². The van der Waals surface area contributed by atoms with Crippen molar-refractivity contribution in [3.05, 3.63) is 0 Å². The van der Waals surface area contributed by atoms with Crippen LogP contribution in [0.25, 0.3) is 0 Å². The molecule has 0 amide bonds. The molecule has 2 aliphatic carbocycles. The maximum Gasteiger partial charge on any atom is 0.0661 e. The van der Waals surface area contributed by atoms with Crippen LogP contribution in [-0.4, -0.2) is 38.5 Å². The Kier molecular flexibility index (Phi) is 5.67. The molecule has 0 radical (unpaired) electrons. The minimum Gasteiger partial charge on any atom is -0.383 e. The van der Waals surface area contributed by atoms with Gasteiger partial charge in [0.15, 0.2) is 0 Å². The molecule has 3 unspecified atom stereocenters. The van der Waals surface area contributed by atoms with Crippen molar-refractivity contribution in [2.75, 3.05) is 20.3 Å². The van der Waals surface area contributed by atoms with Gasteiger partial charge in [0.2, 0.25) is 0 Å². The van der Waals surface area contributed by atoms with Crippen molar-refractivity contribution in [1.29, 1.82) is 0 Å². The smallest absolute Gasteiger partial charge is 0.0661 e. The molecule has 2 saturated carbocycles. The zero-order valence-electron chi connectivity index (χ0n) is 12.9. The second-order valence-corrected chi connectivity index (χ2v) is 6.25. The summed E-state index contributed by atoms with van der Waals surface area (Å²) < 4.78 is 11.3. The zero-order valence-corrected chi connectivity index (χ0v) is 12.9. The molecule has 0 aromatic heterocycles. The monoisotopic (exact) mass is 269 g/mol. The first kappa shape index (κ1) is 15.3. The lowest BCUT2D eigenvalue weighted by molar-refractivity contribution is -0.153. The van der Waals surface area contributed by atoms with Crippen LogP contribution in [0.1, 0.15) is 58.8 Å². The van der Waals surface area contributed by atoms with Crippen molar-refractivity contribution in [2.24, 2.45) is 5.41 Å². The van der Waals surface area contributed by atoms with E-state index in [0.29, 0.717) is 23.6 Å². The van der Waals surface area contributed by atoms with Crippen LogP contribution in [0, 0.1) is 5.41 Å². The van der Waals surface area contributed by atoms with Gasteiger partial charge < -0.3 is 14.8 Å². The van der Waals surface area contributed by atoms with E-state index in [1.807, 2.05) is 0 Å². The second kappa shape index (κ2) is 7.05. The van der Waals surface area contributed by atoms with Crippen LogP contribution in [0.5, 0.6) is 0 Å². The van der Waals surface area contributed by atoms with Crippen LogP contribution in [0.3, 0.4) is 0 Å². The number of methoxy groups -OCH3 is 1. The van der Waals surface area contributed by atoms with E-state index >= 15 is 0 Å². The molecule has 2 fully saturated rings. The standard InChI is InChI=1S/C16H31NO2/c1-4-13(12-18-3)17-14-11-15(19-5-2)16(14)9-7-6-8-10-16/h13-15,17H,4-12H2,1-3H3. The molecule has 1 N–H and O–H groups in total. The van der Waals surface area contributed by atoms with E-state index in [-0.39, 0.29) is 0 Å². The maximum absolute atomic E-state index is 6.01. The number of nitrogens with one attached hydrogen (secondary N) is 1. The first-order valence-electron chi connectivity index (χ1n) is 8.13. The average molecular weight is 269 g/mol. The van der Waals surface area contributed by atoms with Crippen LogP contribution in [0.2, 0.25) is 0 Å². The molecule has 0 aromatic rings. The lowest BCUT2D eigenvalue weighted by atomic mass is 9.55. The molecular formula is C16H31NO2. The molecule has 0 heterocycles. The Balaban J connectivity index is 1.96. The van der Waals surface area contributed by atoms with E-state index < -0.39 is 0 Å². The fourth-order valence-electron chi connectivity index (χ4n) is 4.07. The van der Waals surface area contributed by atoms with Crippen LogP contribution < -0.4 is 5.32 Å². The summed E-state index contributed by atoms with van der Waals surface area (Å²) in [6, 6.07) is 1.14. The summed E-state index contributed by atoms with van der Waals surface area (Å²) in [7, 11) is 1.80. The summed E-state index contributed by atoms with van der Waals surface area (Å²) in [6.45, 7) is 6.04. The molecule has 19 heavy (non-hydrogen) atoms. The third-order valence-electron chi connectivity index (χ3n) is 5.23. The van der Waals surface area contributed by atoms with Crippen LogP contribution in [-0.2, 0) is 9.47 Å². The van der Waals surface area contributed by atoms with Gasteiger partial charge in [0, 0.05) is 31.2 Å². The highest BCUT2D eigenvalue weighted by Crippen LogP contribution is 2.53. The summed E-state index contributed by atoms with van der Waals surface area (Å²) in [5, 5.41) is 3.85. The lowest BCUT2D eigenvalue weighted by Gasteiger charge is -2.58. The van der Waals surface area contributed by atoms with Crippen molar-refractivity contribution in [3.63, 3.8) is 0 Å². The highest BCUT2D eigenvalue weighted by Gasteiger charge is 2.55. The van der Waals surface area contributed by atoms with E-state index in [1.54, 1.807) is 7.11 Å². The van der Waals surface area contributed by atoms with Crippen LogP contribution >= 0.6 is 0 Å². The van der Waals surface area contributed by atoms with Gasteiger partial charge in [-0.15, -0.1) is 0 Å². The zero-order chi connectivity index (χ0) is 13.7. The van der Waals surface area contributed by atoms with Crippen LogP contribution in [0.15, 0.2) is 0 Å². The van der Waals surface area contributed by atoms with Gasteiger partial charge in [0.1, 0.15) is 0 Å². The summed E-state index contributed by atoms with van der Waals surface area (Å²) >= 11 is 0. The molecule has 3 nitrogen and oxygen atoms in total. The average Bonchev–Trinajstić information content (AvgIpc) is 2.46. The largest absolute Gasteiger partial charge is 0.383 e. The number of hydrogen-bond acceptors (Lipinski definition) is 3. The molecular weight excluding hydrogens is 238 g/mol. The Morgan fingerprint density at radius 2 is 1.95 bits per heavy atom. The van der Waals surface area contributed by atoms with Gasteiger partial charge in [-0.3, -0.25) is 0 Å². The van der Waals surface area contributed by atoms with Crippen LogP contribution in [0.4, 0.5) is 0 Å². The summed E-state index contributed by atoms with van der Waals surface area (Å²) in [4.78, 5) is 0. The quantitative estimate of drug-likeness (QED) is 0.770. The third-order valence-corrected chi connectivity index (χ3v) is 5.23. The molecule has 0 saturated heterocycles. The number of ether oxygens (including phenoxy) is 2. The minimum atomic E-state index is 0.426. The van der Waals surface area contributed by atoms with Crippen molar-refractivity contribution in [1.82, 2.24) is 5.32 Å².